The van der Waals surface area contributed by atoms with Gasteiger partial charge in [0.25, 0.3) is 0 Å². The van der Waals surface area contributed by atoms with Gasteiger partial charge in [-0.2, -0.15) is 52.7 Å². The topological polar surface area (TPSA) is 81.2 Å². The molecule has 193 valence electrons. The molecular formula is C15H9CuF12NO4. The molecule has 0 amide bonds. The van der Waals surface area contributed by atoms with Crippen molar-refractivity contribution in [2.24, 2.45) is 0 Å². The number of rotatable bonds is 4. The summed E-state index contributed by atoms with van der Waals surface area (Å²) in [4.78, 5) is 43.3. The van der Waals surface area contributed by atoms with E-state index < -0.39 is 60.7 Å². The Labute approximate surface area is 186 Å². The zero-order valence-electron chi connectivity index (χ0n) is 15.2. The third-order valence-electron chi connectivity index (χ3n) is 2.47. The van der Waals surface area contributed by atoms with Gasteiger partial charge in [-0.1, -0.05) is 6.07 Å². The molecule has 1 aromatic heterocycles. The monoisotopic (exact) mass is 558 g/mol. The van der Waals surface area contributed by atoms with Crippen molar-refractivity contribution in [3.8, 4) is 0 Å². The van der Waals surface area contributed by atoms with Crippen LogP contribution in [0, 0.1) is 0 Å². The van der Waals surface area contributed by atoms with Gasteiger partial charge in [0.2, 0.25) is 23.1 Å². The molecule has 5 nitrogen and oxygen atoms in total. The smallest absolute Gasteiger partial charge is 0.289 e. The first kappa shape index (κ1) is 35.1. The van der Waals surface area contributed by atoms with E-state index in [1.54, 1.807) is 12.4 Å². The first-order valence-electron chi connectivity index (χ1n) is 7.35. The van der Waals surface area contributed by atoms with Gasteiger partial charge in [-0.15, -0.1) is 0 Å². The summed E-state index contributed by atoms with van der Waals surface area (Å²) in [6, 6.07) is 5.72. The van der Waals surface area contributed by atoms with E-state index in [2.05, 4.69) is 4.98 Å². The van der Waals surface area contributed by atoms with E-state index in [-0.39, 0.29) is 17.1 Å². The maximum atomic E-state index is 11.3. The first-order valence-corrected chi connectivity index (χ1v) is 7.35. The number of alkyl halides is 12. The Morgan fingerprint density at radius 2 is 0.697 bits per heavy atom. The summed E-state index contributed by atoms with van der Waals surface area (Å²) in [7, 11) is 0. The van der Waals surface area contributed by atoms with Crippen LogP contribution in [0.25, 0.3) is 0 Å². The fourth-order valence-corrected chi connectivity index (χ4v) is 1.01. The summed E-state index contributed by atoms with van der Waals surface area (Å²) >= 11 is 0. The number of nitrogens with zero attached hydrogens (tertiary/aromatic N) is 1. The van der Waals surface area contributed by atoms with Gasteiger partial charge in [-0.25, -0.2) is 0 Å². The summed E-state index contributed by atoms with van der Waals surface area (Å²) in [6.45, 7) is 0. The maximum absolute atomic E-state index is 11.3. The molecule has 0 aliphatic carbocycles. The van der Waals surface area contributed by atoms with Crippen LogP contribution in [-0.2, 0) is 36.2 Å². The quantitative estimate of drug-likeness (QED) is 0.312. The molecule has 0 aliphatic heterocycles. The van der Waals surface area contributed by atoms with Crippen LogP contribution in [0.4, 0.5) is 52.7 Å². The van der Waals surface area contributed by atoms with Crippen LogP contribution in [0.15, 0.2) is 30.6 Å². The minimum Gasteiger partial charge on any atom is -0.289 e. The molecule has 33 heavy (non-hydrogen) atoms. The minimum absolute atomic E-state index is 0. The molecule has 1 aromatic rings. The molecule has 1 heterocycles. The molecule has 0 spiro atoms. The van der Waals surface area contributed by atoms with Gasteiger partial charge < -0.3 is 0 Å². The zero-order chi connectivity index (χ0) is 26.0. The van der Waals surface area contributed by atoms with Crippen LogP contribution in [0.3, 0.4) is 0 Å². The van der Waals surface area contributed by atoms with Gasteiger partial charge in [0.05, 0.1) is 12.8 Å². The van der Waals surface area contributed by atoms with Gasteiger partial charge in [0.1, 0.15) is 0 Å². The summed E-state index contributed by atoms with van der Waals surface area (Å²) < 4.78 is 136. The standard InChI is InChI=1S/2C5H2F6O2.C5H5N.Cu/c2*6-4(7,8)2(12)1-3(13)5(9,10)11;1-2-4-6-5-3-1;/h2*1H2;1-5H;. The number of Topliss-reactive ketones (excluding diaryl/α,β-unsaturated/α-hetero) is 4. The van der Waals surface area contributed by atoms with Gasteiger partial charge in [-0.05, 0) is 12.1 Å². The van der Waals surface area contributed by atoms with Crippen molar-refractivity contribution < 1.29 is 88.9 Å². The number of pyridine rings is 1. The van der Waals surface area contributed by atoms with E-state index in [9.17, 15) is 71.9 Å². The van der Waals surface area contributed by atoms with Crippen molar-refractivity contribution >= 4 is 23.1 Å². The second-order valence-electron chi connectivity index (χ2n) is 5.06. The molecule has 18 heteroatoms. The normalized spacial score (nSPS) is 11.5. The summed E-state index contributed by atoms with van der Waals surface area (Å²) in [5, 5.41) is 0. The van der Waals surface area contributed by atoms with Crippen molar-refractivity contribution in [2.45, 2.75) is 37.5 Å². The van der Waals surface area contributed by atoms with Crippen LogP contribution in [0.1, 0.15) is 12.8 Å². The van der Waals surface area contributed by atoms with Crippen LogP contribution >= 0.6 is 0 Å². The number of carbonyl (C=O) groups is 4. The fraction of sp³-hybridized carbons (Fsp3) is 0.400. The van der Waals surface area contributed by atoms with E-state index >= 15 is 0 Å². The third-order valence-corrected chi connectivity index (χ3v) is 2.47. The summed E-state index contributed by atoms with van der Waals surface area (Å²) in [5.74, 6) is -10.8. The third kappa shape index (κ3) is 17.7. The molecule has 0 atom stereocenters. The Kier molecular flexibility index (Phi) is 14.8. The number of carbonyl (C=O) groups excluding carboxylic acids is 4. The molecule has 0 N–H and O–H groups in total. The van der Waals surface area contributed by atoms with Crippen molar-refractivity contribution in [3.63, 3.8) is 0 Å². The summed E-state index contributed by atoms with van der Waals surface area (Å²) in [5.41, 5.74) is 0. The van der Waals surface area contributed by atoms with Gasteiger partial charge in [0.15, 0.2) is 0 Å². The Bertz CT molecular complexity index is 646. The molecule has 0 aliphatic rings. The number of hydrogen-bond donors (Lipinski definition) is 0. The second kappa shape index (κ2) is 13.9. The van der Waals surface area contributed by atoms with Gasteiger partial charge in [0, 0.05) is 29.5 Å². The average Bonchev–Trinajstić information content (AvgIpc) is 2.61. The van der Waals surface area contributed by atoms with Crippen molar-refractivity contribution in [3.05, 3.63) is 30.6 Å². The Morgan fingerprint density at radius 1 is 0.485 bits per heavy atom. The van der Waals surface area contributed by atoms with E-state index in [1.165, 1.54) is 0 Å². The number of hydrogen-bond acceptors (Lipinski definition) is 5. The Hall–Kier alpha value is -2.49. The van der Waals surface area contributed by atoms with E-state index in [1.807, 2.05) is 18.2 Å². The molecule has 0 saturated heterocycles. The molecule has 0 saturated carbocycles. The molecular weight excluding hydrogens is 550 g/mol. The predicted molar refractivity (Wildman–Crippen MR) is 77.7 cm³/mol. The van der Waals surface area contributed by atoms with E-state index in [0.29, 0.717) is 0 Å². The van der Waals surface area contributed by atoms with Crippen LogP contribution in [-0.4, -0.2) is 52.8 Å². The SMILES string of the molecule is O=C(CC(=O)C(F)(F)F)C(F)(F)F.O=C(CC(=O)C(F)(F)F)C(F)(F)F.[Cu].c1ccncc1. The van der Waals surface area contributed by atoms with Crippen LogP contribution in [0.2, 0.25) is 0 Å². The first-order chi connectivity index (χ1) is 14.1. The Morgan fingerprint density at radius 3 is 0.788 bits per heavy atom. The largest absolute Gasteiger partial charge is 0.450 e. The predicted octanol–water partition coefficient (Wildman–Crippen LogP) is 4.36. The van der Waals surface area contributed by atoms with Gasteiger partial charge in [-0.3, -0.25) is 24.2 Å². The maximum Gasteiger partial charge on any atom is 0.450 e. The van der Waals surface area contributed by atoms with Crippen LogP contribution in [0.5, 0.6) is 0 Å². The minimum atomic E-state index is -5.40. The number of ketones is 4. The molecule has 0 unspecified atom stereocenters. The van der Waals surface area contributed by atoms with Crippen molar-refractivity contribution in [1.29, 1.82) is 0 Å². The molecule has 0 fully saturated rings. The fourth-order valence-electron chi connectivity index (χ4n) is 1.01. The van der Waals surface area contributed by atoms with Gasteiger partial charge >= 0.3 is 24.7 Å². The van der Waals surface area contributed by atoms with Crippen molar-refractivity contribution in [1.82, 2.24) is 4.98 Å². The van der Waals surface area contributed by atoms with Crippen LogP contribution < -0.4 is 0 Å². The molecule has 1 rings (SSSR count). The van der Waals surface area contributed by atoms with E-state index in [4.69, 9.17) is 0 Å². The molecule has 0 bridgehead atoms. The van der Waals surface area contributed by atoms with Crippen molar-refractivity contribution in [2.75, 3.05) is 0 Å². The molecule has 0 aromatic carbocycles. The molecule has 1 radical (unpaired) electrons. The zero-order valence-corrected chi connectivity index (χ0v) is 16.2. The summed E-state index contributed by atoms with van der Waals surface area (Å²) in [6.07, 6.45) is -22.5. The average molecular weight is 559 g/mol. The number of aromatic nitrogens is 1. The van der Waals surface area contributed by atoms with E-state index in [0.717, 1.165) is 0 Å². The second-order valence-corrected chi connectivity index (χ2v) is 5.06. The Balaban J connectivity index is -0.000000427. The number of halogens is 12.